The number of phenolic OH excluding ortho intramolecular Hbond substituents is 1. The highest BCUT2D eigenvalue weighted by Crippen LogP contribution is 2.33. The van der Waals surface area contributed by atoms with E-state index in [9.17, 15) is 23.1 Å². The van der Waals surface area contributed by atoms with Crippen LogP contribution in [0.5, 0.6) is 11.5 Å². The van der Waals surface area contributed by atoms with Crippen molar-refractivity contribution in [2.24, 2.45) is 0 Å². The van der Waals surface area contributed by atoms with Gasteiger partial charge in [-0.05, 0) is 29.8 Å². The minimum atomic E-state index is -4.86. The Morgan fingerprint density at radius 1 is 0.976 bits per heavy atom. The molecule has 0 spiro atoms. The van der Waals surface area contributed by atoms with E-state index in [0.29, 0.717) is 44.3 Å². The number of benzene rings is 2. The van der Waals surface area contributed by atoms with E-state index in [-0.39, 0.29) is 47.9 Å². The summed E-state index contributed by atoms with van der Waals surface area (Å²) in [4.78, 5) is 18.8. The number of amides is 1. The first kappa shape index (κ1) is 33.4. The molecule has 2 aromatic carbocycles. The van der Waals surface area contributed by atoms with Crippen LogP contribution in [0.1, 0.15) is 16.2 Å². The summed E-state index contributed by atoms with van der Waals surface area (Å²) in [5.41, 5.74) is 0.712. The minimum absolute atomic E-state index is 0.0248. The molecule has 0 unspecified atom stereocenters. The fraction of sp³-hybridized carbons (Fsp3) is 0.423. The molecule has 3 rings (SSSR count). The summed E-state index contributed by atoms with van der Waals surface area (Å²) in [5, 5.41) is 13.9. The number of carbonyl (C=O) groups excluding carboxylic acids is 1. The molecule has 230 valence electrons. The number of aromatic hydroxyl groups is 1. The van der Waals surface area contributed by atoms with Crippen molar-refractivity contribution >= 4 is 29.1 Å². The van der Waals surface area contributed by atoms with Gasteiger partial charge in [0.2, 0.25) is 5.82 Å². The second kappa shape index (κ2) is 16.5. The standard InChI is InChI=1S/C26H29Cl2F3N4O7/c1-38-7-8-40-11-12-41-10-9-39-6-5-34(16-18-3-2-4-20(13-18)42-26(29,30)31)25(37)24-32-17-35(33-24)19-14-21(27)23(36)22(28)15-19/h2-4,13-15,17,36H,5-12,16H2,1H3. The number of carbonyl (C=O) groups is 1. The molecule has 1 heterocycles. The van der Waals surface area contributed by atoms with Crippen LogP contribution in [0, 0.1) is 0 Å². The van der Waals surface area contributed by atoms with Gasteiger partial charge in [0.05, 0.1) is 62.0 Å². The lowest BCUT2D eigenvalue weighted by molar-refractivity contribution is -0.274. The highest BCUT2D eigenvalue weighted by atomic mass is 35.5. The lowest BCUT2D eigenvalue weighted by atomic mass is 10.2. The van der Waals surface area contributed by atoms with Crippen molar-refractivity contribution in [3.05, 3.63) is 64.2 Å². The van der Waals surface area contributed by atoms with E-state index in [1.165, 1.54) is 40.2 Å². The zero-order valence-electron chi connectivity index (χ0n) is 22.5. The molecular weight excluding hydrogens is 608 g/mol. The van der Waals surface area contributed by atoms with Gasteiger partial charge in [0.1, 0.15) is 12.1 Å². The molecule has 1 amide bonds. The number of rotatable bonds is 17. The van der Waals surface area contributed by atoms with Crippen molar-refractivity contribution in [3.63, 3.8) is 0 Å². The molecule has 0 radical (unpaired) electrons. The maximum absolute atomic E-state index is 13.4. The van der Waals surface area contributed by atoms with Gasteiger partial charge >= 0.3 is 6.36 Å². The lowest BCUT2D eigenvalue weighted by Crippen LogP contribution is -2.34. The van der Waals surface area contributed by atoms with E-state index in [0.717, 1.165) is 6.07 Å². The molecular formula is C26H29Cl2F3N4O7. The molecule has 0 bridgehead atoms. The first-order valence-corrected chi connectivity index (χ1v) is 13.3. The fourth-order valence-electron chi connectivity index (χ4n) is 3.48. The van der Waals surface area contributed by atoms with Crippen LogP contribution in [0.25, 0.3) is 5.69 Å². The molecule has 0 fully saturated rings. The third-order valence-electron chi connectivity index (χ3n) is 5.42. The number of halogens is 5. The Bertz CT molecular complexity index is 1270. The largest absolute Gasteiger partial charge is 0.573 e. The summed E-state index contributed by atoms with van der Waals surface area (Å²) in [5.74, 6) is -1.53. The molecule has 0 aliphatic heterocycles. The number of phenols is 1. The van der Waals surface area contributed by atoms with Crippen LogP contribution < -0.4 is 4.74 Å². The molecule has 11 nitrogen and oxygen atoms in total. The number of methoxy groups -OCH3 is 1. The lowest BCUT2D eigenvalue weighted by Gasteiger charge is -2.22. The molecule has 0 saturated heterocycles. The average molecular weight is 637 g/mol. The monoisotopic (exact) mass is 636 g/mol. The molecule has 0 saturated carbocycles. The van der Waals surface area contributed by atoms with Gasteiger partial charge in [-0.1, -0.05) is 35.3 Å². The highest BCUT2D eigenvalue weighted by molar-refractivity contribution is 6.37. The smallest absolute Gasteiger partial charge is 0.505 e. The summed E-state index contributed by atoms with van der Waals surface area (Å²) >= 11 is 12.0. The zero-order valence-corrected chi connectivity index (χ0v) is 24.0. The maximum atomic E-state index is 13.4. The summed E-state index contributed by atoms with van der Waals surface area (Å²) in [6.45, 7) is 2.36. The molecule has 16 heteroatoms. The zero-order chi connectivity index (χ0) is 30.5. The predicted molar refractivity (Wildman–Crippen MR) is 145 cm³/mol. The van der Waals surface area contributed by atoms with E-state index in [1.807, 2.05) is 0 Å². The minimum Gasteiger partial charge on any atom is -0.505 e. The van der Waals surface area contributed by atoms with E-state index in [1.54, 1.807) is 13.2 Å². The molecule has 1 N–H and O–H groups in total. The van der Waals surface area contributed by atoms with Gasteiger partial charge in [0, 0.05) is 20.2 Å². The van der Waals surface area contributed by atoms with Gasteiger partial charge < -0.3 is 33.7 Å². The number of hydrogen-bond donors (Lipinski definition) is 1. The van der Waals surface area contributed by atoms with Gasteiger partial charge in [0.15, 0.2) is 5.75 Å². The van der Waals surface area contributed by atoms with Gasteiger partial charge in [-0.3, -0.25) is 4.79 Å². The van der Waals surface area contributed by atoms with Gasteiger partial charge in [-0.15, -0.1) is 18.3 Å². The van der Waals surface area contributed by atoms with Crippen LogP contribution in [0.4, 0.5) is 13.2 Å². The van der Waals surface area contributed by atoms with Crippen LogP contribution in [0.15, 0.2) is 42.7 Å². The van der Waals surface area contributed by atoms with Crippen LogP contribution in [-0.2, 0) is 25.5 Å². The number of nitrogens with zero attached hydrogens (tertiary/aromatic N) is 4. The fourth-order valence-corrected chi connectivity index (χ4v) is 3.96. The van der Waals surface area contributed by atoms with E-state index >= 15 is 0 Å². The van der Waals surface area contributed by atoms with Crippen molar-refractivity contribution < 1.29 is 46.8 Å². The Balaban J connectivity index is 1.65. The van der Waals surface area contributed by atoms with E-state index in [2.05, 4.69) is 14.8 Å². The van der Waals surface area contributed by atoms with Gasteiger partial charge in [-0.2, -0.15) is 0 Å². The number of alkyl halides is 3. The Kier molecular flexibility index (Phi) is 13.1. The third-order valence-corrected chi connectivity index (χ3v) is 6.00. The first-order valence-electron chi connectivity index (χ1n) is 12.5. The van der Waals surface area contributed by atoms with E-state index in [4.69, 9.17) is 42.1 Å². The Morgan fingerprint density at radius 3 is 2.21 bits per heavy atom. The molecule has 0 atom stereocenters. The van der Waals surface area contributed by atoms with Crippen molar-refractivity contribution in [1.82, 2.24) is 19.7 Å². The second-order valence-corrected chi connectivity index (χ2v) is 9.34. The van der Waals surface area contributed by atoms with Crippen LogP contribution in [0.2, 0.25) is 10.0 Å². The predicted octanol–water partition coefficient (Wildman–Crippen LogP) is 4.52. The number of hydrogen-bond acceptors (Lipinski definition) is 9. The summed E-state index contributed by atoms with van der Waals surface area (Å²) in [6.07, 6.45) is -3.61. The van der Waals surface area contributed by atoms with Crippen molar-refractivity contribution in [1.29, 1.82) is 0 Å². The molecule has 0 aliphatic carbocycles. The van der Waals surface area contributed by atoms with Crippen LogP contribution in [0.3, 0.4) is 0 Å². The Labute approximate surface area is 249 Å². The van der Waals surface area contributed by atoms with Crippen LogP contribution >= 0.6 is 23.2 Å². The summed E-state index contributed by atoms with van der Waals surface area (Å²) in [7, 11) is 1.58. The number of ether oxygens (including phenoxy) is 5. The summed E-state index contributed by atoms with van der Waals surface area (Å²) < 4.78 is 64.6. The van der Waals surface area contributed by atoms with Crippen molar-refractivity contribution in [2.75, 3.05) is 59.9 Å². The quantitative estimate of drug-likeness (QED) is 0.213. The second-order valence-electron chi connectivity index (χ2n) is 8.52. The maximum Gasteiger partial charge on any atom is 0.573 e. The number of aromatic nitrogens is 3. The topological polar surface area (TPSA) is 117 Å². The van der Waals surface area contributed by atoms with Gasteiger partial charge in [0.25, 0.3) is 5.91 Å². The molecule has 42 heavy (non-hydrogen) atoms. The first-order chi connectivity index (χ1) is 20.1. The third kappa shape index (κ3) is 10.9. The Hall–Kier alpha value is -3.14. The summed E-state index contributed by atoms with van der Waals surface area (Å²) in [6, 6.07) is 8.06. The normalized spacial score (nSPS) is 11.6. The van der Waals surface area contributed by atoms with Gasteiger partial charge in [-0.25, -0.2) is 9.67 Å². The Morgan fingerprint density at radius 2 is 1.60 bits per heavy atom. The van der Waals surface area contributed by atoms with Crippen molar-refractivity contribution in [2.45, 2.75) is 12.9 Å². The average Bonchev–Trinajstić information content (AvgIpc) is 3.43. The SMILES string of the molecule is COCCOCCOCCOCCN(Cc1cccc(OC(F)(F)F)c1)C(=O)c1ncn(-c2cc(Cl)c(O)c(Cl)c2)n1. The van der Waals surface area contributed by atoms with E-state index < -0.39 is 18.0 Å². The molecule has 1 aromatic heterocycles. The molecule has 3 aromatic rings. The van der Waals surface area contributed by atoms with Crippen LogP contribution in [-0.4, -0.2) is 96.9 Å². The molecule has 0 aliphatic rings. The highest BCUT2D eigenvalue weighted by Gasteiger charge is 2.31. The van der Waals surface area contributed by atoms with Crippen molar-refractivity contribution in [3.8, 4) is 17.2 Å².